The van der Waals surface area contributed by atoms with Crippen LogP contribution in [0.4, 0.5) is 0 Å². The Balaban J connectivity index is 2.56. The van der Waals surface area contributed by atoms with Crippen molar-refractivity contribution in [3.05, 3.63) is 29.3 Å². The Morgan fingerprint density at radius 2 is 2.11 bits per heavy atom. The highest BCUT2D eigenvalue weighted by Crippen LogP contribution is 2.21. The molecule has 0 aliphatic rings. The second-order valence-corrected chi connectivity index (χ2v) is 4.70. The molecule has 1 aromatic carbocycles. The van der Waals surface area contributed by atoms with Gasteiger partial charge in [-0.25, -0.2) is 0 Å². The molecule has 0 spiro atoms. The number of nitrogens with zero attached hydrogens (tertiary/aromatic N) is 1. The molecule has 0 heterocycles. The summed E-state index contributed by atoms with van der Waals surface area (Å²) in [7, 11) is 3.48. The van der Waals surface area contributed by atoms with Gasteiger partial charge in [-0.3, -0.25) is 4.79 Å². The van der Waals surface area contributed by atoms with E-state index in [-0.39, 0.29) is 11.9 Å². The molecule has 1 amide bonds. The Bertz CT molecular complexity index is 414. The second kappa shape index (κ2) is 6.40. The number of hydrogen-bond donors (Lipinski definition) is 1. The first-order valence-electron chi connectivity index (χ1n) is 6.11. The summed E-state index contributed by atoms with van der Waals surface area (Å²) in [5.74, 6) is 0.880. The Hall–Kier alpha value is -1.55. The van der Waals surface area contributed by atoms with E-state index in [4.69, 9.17) is 10.5 Å². The van der Waals surface area contributed by atoms with Crippen LogP contribution in [0.25, 0.3) is 0 Å². The van der Waals surface area contributed by atoms with Gasteiger partial charge < -0.3 is 15.4 Å². The zero-order chi connectivity index (χ0) is 13.7. The fourth-order valence-electron chi connectivity index (χ4n) is 1.59. The summed E-state index contributed by atoms with van der Waals surface area (Å²) < 4.78 is 5.60. The first kappa shape index (κ1) is 14.5. The number of nitrogens with two attached hydrogens (primary N) is 1. The Labute approximate surface area is 109 Å². The summed E-state index contributed by atoms with van der Waals surface area (Å²) in [6.45, 7) is 4.33. The first-order valence-corrected chi connectivity index (χ1v) is 6.11. The smallest absolute Gasteiger partial charge is 0.225 e. The standard InChI is InChI=1S/C14H22N2O2/c1-10-9-12(11(2)15)5-6-13(10)18-8-7-14(17)16(3)4/h5-6,9,11H,7-8,15H2,1-4H3/t11-/m1/s1. The van der Waals surface area contributed by atoms with E-state index in [0.29, 0.717) is 13.0 Å². The Kier molecular flexibility index (Phi) is 5.16. The molecule has 100 valence electrons. The van der Waals surface area contributed by atoms with E-state index in [9.17, 15) is 4.79 Å². The van der Waals surface area contributed by atoms with Gasteiger partial charge in [-0.1, -0.05) is 12.1 Å². The third-order valence-electron chi connectivity index (χ3n) is 2.80. The van der Waals surface area contributed by atoms with Crippen molar-refractivity contribution in [3.8, 4) is 5.75 Å². The summed E-state index contributed by atoms with van der Waals surface area (Å²) in [4.78, 5) is 13.0. The average Bonchev–Trinajstić information content (AvgIpc) is 2.30. The van der Waals surface area contributed by atoms with Gasteiger partial charge in [0.2, 0.25) is 5.91 Å². The molecule has 0 aromatic heterocycles. The number of carbonyl (C=O) groups excluding carboxylic acids is 1. The minimum atomic E-state index is 0.0214. The van der Waals surface area contributed by atoms with Gasteiger partial charge in [0, 0.05) is 20.1 Å². The van der Waals surface area contributed by atoms with Gasteiger partial charge in [0.1, 0.15) is 5.75 Å². The predicted octanol–water partition coefficient (Wildman–Crippen LogP) is 1.87. The lowest BCUT2D eigenvalue weighted by molar-refractivity contribution is -0.129. The van der Waals surface area contributed by atoms with Crippen LogP contribution in [0.2, 0.25) is 0 Å². The van der Waals surface area contributed by atoms with E-state index in [1.165, 1.54) is 0 Å². The van der Waals surface area contributed by atoms with Crippen molar-refractivity contribution in [2.75, 3.05) is 20.7 Å². The van der Waals surface area contributed by atoms with Gasteiger partial charge in [-0.15, -0.1) is 0 Å². The number of ether oxygens (including phenoxy) is 1. The summed E-state index contributed by atoms with van der Waals surface area (Å²) in [6, 6.07) is 5.91. The Morgan fingerprint density at radius 1 is 1.44 bits per heavy atom. The van der Waals surface area contributed by atoms with Crippen LogP contribution in [0.3, 0.4) is 0 Å². The molecule has 1 rings (SSSR count). The van der Waals surface area contributed by atoms with Crippen molar-refractivity contribution in [1.29, 1.82) is 0 Å². The third-order valence-corrected chi connectivity index (χ3v) is 2.80. The van der Waals surface area contributed by atoms with Crippen LogP contribution >= 0.6 is 0 Å². The van der Waals surface area contributed by atoms with Crippen molar-refractivity contribution in [1.82, 2.24) is 4.90 Å². The van der Waals surface area contributed by atoms with Crippen molar-refractivity contribution in [3.63, 3.8) is 0 Å². The van der Waals surface area contributed by atoms with Crippen LogP contribution in [-0.4, -0.2) is 31.5 Å². The van der Waals surface area contributed by atoms with E-state index in [0.717, 1.165) is 16.9 Å². The monoisotopic (exact) mass is 250 g/mol. The lowest BCUT2D eigenvalue weighted by Gasteiger charge is -2.13. The molecule has 0 fully saturated rings. The highest BCUT2D eigenvalue weighted by atomic mass is 16.5. The highest BCUT2D eigenvalue weighted by molar-refractivity contribution is 5.75. The van der Waals surface area contributed by atoms with E-state index in [1.54, 1.807) is 19.0 Å². The molecular formula is C14H22N2O2. The summed E-state index contributed by atoms with van der Waals surface area (Å²) in [5.41, 5.74) is 7.95. The fraction of sp³-hybridized carbons (Fsp3) is 0.500. The molecule has 18 heavy (non-hydrogen) atoms. The van der Waals surface area contributed by atoms with Crippen LogP contribution in [0, 0.1) is 6.92 Å². The minimum Gasteiger partial charge on any atom is -0.493 e. The van der Waals surface area contributed by atoms with Gasteiger partial charge in [0.25, 0.3) is 0 Å². The molecular weight excluding hydrogens is 228 g/mol. The van der Waals surface area contributed by atoms with Gasteiger partial charge in [-0.05, 0) is 31.0 Å². The molecule has 2 N–H and O–H groups in total. The maximum atomic E-state index is 11.4. The van der Waals surface area contributed by atoms with Gasteiger partial charge in [0.05, 0.1) is 13.0 Å². The lowest BCUT2D eigenvalue weighted by atomic mass is 10.1. The number of benzene rings is 1. The summed E-state index contributed by atoms with van der Waals surface area (Å²) >= 11 is 0. The van der Waals surface area contributed by atoms with Crippen LogP contribution in [0.1, 0.15) is 30.5 Å². The molecule has 0 unspecified atom stereocenters. The predicted molar refractivity (Wildman–Crippen MR) is 72.6 cm³/mol. The Morgan fingerprint density at radius 3 is 2.61 bits per heavy atom. The summed E-state index contributed by atoms with van der Waals surface area (Å²) in [5, 5.41) is 0. The largest absolute Gasteiger partial charge is 0.493 e. The molecule has 0 bridgehead atoms. The zero-order valence-electron chi connectivity index (χ0n) is 11.6. The quantitative estimate of drug-likeness (QED) is 0.868. The number of carbonyl (C=O) groups is 1. The van der Waals surface area contributed by atoms with E-state index in [1.807, 2.05) is 32.0 Å². The van der Waals surface area contributed by atoms with Gasteiger partial charge in [-0.2, -0.15) is 0 Å². The van der Waals surface area contributed by atoms with Crippen molar-refractivity contribution in [2.45, 2.75) is 26.3 Å². The number of rotatable bonds is 5. The third kappa shape index (κ3) is 4.04. The van der Waals surface area contributed by atoms with Crippen molar-refractivity contribution < 1.29 is 9.53 Å². The van der Waals surface area contributed by atoms with Gasteiger partial charge in [0.15, 0.2) is 0 Å². The molecule has 1 atom stereocenters. The number of aryl methyl sites for hydroxylation is 1. The zero-order valence-corrected chi connectivity index (χ0v) is 11.6. The molecule has 4 nitrogen and oxygen atoms in total. The molecule has 0 radical (unpaired) electrons. The van der Waals surface area contributed by atoms with Crippen LogP contribution in [0.15, 0.2) is 18.2 Å². The molecule has 0 aliphatic heterocycles. The first-order chi connectivity index (χ1) is 8.41. The van der Waals surface area contributed by atoms with Crippen LogP contribution in [0.5, 0.6) is 5.75 Å². The average molecular weight is 250 g/mol. The normalized spacial score (nSPS) is 12.1. The van der Waals surface area contributed by atoms with E-state index in [2.05, 4.69) is 0 Å². The topological polar surface area (TPSA) is 55.6 Å². The minimum absolute atomic E-state index is 0.0214. The molecule has 0 aliphatic carbocycles. The lowest BCUT2D eigenvalue weighted by Crippen LogP contribution is -2.23. The molecule has 1 aromatic rings. The second-order valence-electron chi connectivity index (χ2n) is 4.70. The van der Waals surface area contributed by atoms with Crippen LogP contribution in [-0.2, 0) is 4.79 Å². The van der Waals surface area contributed by atoms with E-state index >= 15 is 0 Å². The van der Waals surface area contributed by atoms with Gasteiger partial charge >= 0.3 is 0 Å². The molecule has 4 heteroatoms. The van der Waals surface area contributed by atoms with E-state index < -0.39 is 0 Å². The number of hydrogen-bond acceptors (Lipinski definition) is 3. The summed E-state index contributed by atoms with van der Waals surface area (Å²) in [6.07, 6.45) is 0.390. The molecule has 0 saturated carbocycles. The number of amides is 1. The highest BCUT2D eigenvalue weighted by Gasteiger charge is 2.07. The SMILES string of the molecule is Cc1cc([C@@H](C)N)ccc1OCCC(=O)N(C)C. The maximum Gasteiger partial charge on any atom is 0.225 e. The maximum absolute atomic E-state index is 11.4. The molecule has 0 saturated heterocycles. The van der Waals surface area contributed by atoms with Crippen molar-refractivity contribution >= 4 is 5.91 Å². The van der Waals surface area contributed by atoms with Crippen molar-refractivity contribution in [2.24, 2.45) is 5.73 Å². The van der Waals surface area contributed by atoms with Crippen LogP contribution < -0.4 is 10.5 Å². The fourth-order valence-corrected chi connectivity index (χ4v) is 1.59.